The lowest BCUT2D eigenvalue weighted by molar-refractivity contribution is -0.120. The van der Waals surface area contributed by atoms with E-state index in [2.05, 4.69) is 15.6 Å². The van der Waals surface area contributed by atoms with Crippen molar-refractivity contribution in [3.8, 4) is 0 Å². The van der Waals surface area contributed by atoms with Crippen LogP contribution in [0.4, 0.5) is 11.5 Å². The highest BCUT2D eigenvalue weighted by Gasteiger charge is 2.20. The van der Waals surface area contributed by atoms with Crippen molar-refractivity contribution in [2.45, 2.75) is 36.3 Å². The molecule has 0 bridgehead atoms. The number of nitrogens with zero attached hydrogens (tertiary/aromatic N) is 2. The number of hydrogen-bond donors (Lipinski definition) is 2. The topological polar surface area (TPSA) is 76.1 Å². The number of hydrogen-bond acceptors (Lipinski definition) is 6. The molecule has 1 fully saturated rings. The summed E-state index contributed by atoms with van der Waals surface area (Å²) >= 11 is 1.36. The molecule has 0 spiro atoms. The third-order valence-electron chi connectivity index (χ3n) is 4.80. The second-order valence-electron chi connectivity index (χ2n) is 7.00. The van der Waals surface area contributed by atoms with Gasteiger partial charge < -0.3 is 15.4 Å². The molecule has 6 nitrogen and oxygen atoms in total. The molecular weight excluding hydrogens is 384 g/mol. The first kappa shape index (κ1) is 19.7. The van der Waals surface area contributed by atoms with Crippen molar-refractivity contribution >= 4 is 40.1 Å². The Kier molecular flexibility index (Phi) is 6.27. The van der Waals surface area contributed by atoms with E-state index in [9.17, 15) is 4.79 Å². The molecular formula is C22H24N4O2S. The molecule has 4 rings (SSSR count). The van der Waals surface area contributed by atoms with E-state index in [0.717, 1.165) is 41.9 Å². The number of aromatic nitrogens is 2. The number of para-hydroxylation sites is 2. The molecule has 7 heteroatoms. The van der Waals surface area contributed by atoms with Crippen molar-refractivity contribution in [3.05, 3.63) is 54.6 Å². The van der Waals surface area contributed by atoms with Crippen LogP contribution in [0.25, 0.3) is 10.9 Å². The molecule has 2 heterocycles. The van der Waals surface area contributed by atoms with Gasteiger partial charge in [-0.15, -0.1) is 0 Å². The highest BCUT2D eigenvalue weighted by molar-refractivity contribution is 8.00. The predicted molar refractivity (Wildman–Crippen MR) is 117 cm³/mol. The Labute approximate surface area is 174 Å². The summed E-state index contributed by atoms with van der Waals surface area (Å²) in [6.07, 6.45) is 2.20. The van der Waals surface area contributed by atoms with Gasteiger partial charge in [-0.2, -0.15) is 0 Å². The third-order valence-corrected chi connectivity index (χ3v) is 5.76. The molecule has 2 N–H and O–H groups in total. The molecule has 3 aromatic rings. The summed E-state index contributed by atoms with van der Waals surface area (Å²) in [7, 11) is 0. The highest BCUT2D eigenvalue weighted by atomic mass is 32.2. The minimum atomic E-state index is -0.304. The molecule has 150 valence electrons. The van der Waals surface area contributed by atoms with Crippen molar-refractivity contribution in [2.75, 3.05) is 18.5 Å². The fraction of sp³-hybridized carbons (Fsp3) is 0.318. The fourth-order valence-corrected chi connectivity index (χ4v) is 4.04. The monoisotopic (exact) mass is 408 g/mol. The SMILES string of the molecule is C[C@H](Sc1nc(Nc2ccccc2)c2ccccc2n1)C(=O)NC[C@H]1CCCO1. The minimum Gasteiger partial charge on any atom is -0.376 e. The largest absolute Gasteiger partial charge is 0.376 e. The Bertz CT molecular complexity index is 977. The summed E-state index contributed by atoms with van der Waals surface area (Å²) in [5.41, 5.74) is 1.80. The normalized spacial score (nSPS) is 17.2. The van der Waals surface area contributed by atoms with Crippen LogP contribution in [-0.2, 0) is 9.53 Å². The Balaban J connectivity index is 1.50. The van der Waals surface area contributed by atoms with Gasteiger partial charge in [-0.05, 0) is 44.0 Å². The molecule has 0 radical (unpaired) electrons. The maximum absolute atomic E-state index is 12.5. The van der Waals surface area contributed by atoms with Gasteiger partial charge >= 0.3 is 0 Å². The number of ether oxygens (including phenoxy) is 1. The molecule has 2 aromatic carbocycles. The van der Waals surface area contributed by atoms with Crippen LogP contribution >= 0.6 is 11.8 Å². The van der Waals surface area contributed by atoms with Crippen molar-refractivity contribution < 1.29 is 9.53 Å². The van der Waals surface area contributed by atoms with Crippen LogP contribution in [0.5, 0.6) is 0 Å². The number of carbonyl (C=O) groups is 1. The summed E-state index contributed by atoms with van der Waals surface area (Å²) in [4.78, 5) is 21.8. The van der Waals surface area contributed by atoms with E-state index in [1.54, 1.807) is 0 Å². The van der Waals surface area contributed by atoms with E-state index in [1.807, 2.05) is 61.5 Å². The summed E-state index contributed by atoms with van der Waals surface area (Å²) in [5.74, 6) is 0.705. The van der Waals surface area contributed by atoms with Gasteiger partial charge in [0.1, 0.15) is 5.82 Å². The number of anilines is 2. The van der Waals surface area contributed by atoms with Crippen LogP contribution < -0.4 is 10.6 Å². The van der Waals surface area contributed by atoms with Crippen molar-refractivity contribution in [3.63, 3.8) is 0 Å². The summed E-state index contributed by atoms with van der Waals surface area (Å²) in [6.45, 7) is 3.22. The molecule has 29 heavy (non-hydrogen) atoms. The van der Waals surface area contributed by atoms with Gasteiger partial charge in [0.15, 0.2) is 5.16 Å². The van der Waals surface area contributed by atoms with Crippen LogP contribution in [0.15, 0.2) is 59.8 Å². The van der Waals surface area contributed by atoms with E-state index in [0.29, 0.717) is 11.7 Å². The average molecular weight is 409 g/mol. The van der Waals surface area contributed by atoms with E-state index in [4.69, 9.17) is 9.72 Å². The number of carbonyl (C=O) groups excluding carboxylic acids is 1. The number of amides is 1. The molecule has 2 atom stereocenters. The van der Waals surface area contributed by atoms with Crippen molar-refractivity contribution in [2.24, 2.45) is 0 Å². The van der Waals surface area contributed by atoms with Gasteiger partial charge in [0.25, 0.3) is 0 Å². The fourth-order valence-electron chi connectivity index (χ4n) is 3.24. The van der Waals surface area contributed by atoms with E-state index < -0.39 is 0 Å². The molecule has 0 unspecified atom stereocenters. The number of nitrogens with one attached hydrogen (secondary N) is 2. The molecule has 0 aliphatic carbocycles. The number of rotatable bonds is 7. The van der Waals surface area contributed by atoms with Gasteiger partial charge in [0.2, 0.25) is 5.91 Å². The molecule has 1 saturated heterocycles. The van der Waals surface area contributed by atoms with Crippen LogP contribution in [0.3, 0.4) is 0 Å². The number of thioether (sulfide) groups is 1. The predicted octanol–water partition coefficient (Wildman–Crippen LogP) is 4.15. The minimum absolute atomic E-state index is 0.0279. The quantitative estimate of drug-likeness (QED) is 0.452. The van der Waals surface area contributed by atoms with Gasteiger partial charge in [-0.3, -0.25) is 4.79 Å². The Morgan fingerprint density at radius 1 is 1.17 bits per heavy atom. The van der Waals surface area contributed by atoms with Crippen LogP contribution in [0.2, 0.25) is 0 Å². The lowest BCUT2D eigenvalue weighted by Gasteiger charge is -2.15. The standard InChI is InChI=1S/C22H24N4O2S/c1-15(21(27)23-14-17-10-7-13-28-17)29-22-25-19-12-6-5-11-18(19)20(26-22)24-16-8-3-2-4-9-16/h2-6,8-9,11-12,15,17H,7,10,13-14H2,1H3,(H,23,27)(H,24,25,26)/t15-,17+/m0/s1. The van der Waals surface area contributed by atoms with E-state index in [-0.39, 0.29) is 17.3 Å². The lowest BCUT2D eigenvalue weighted by atomic mass is 10.2. The van der Waals surface area contributed by atoms with Gasteiger partial charge in [0.05, 0.1) is 16.9 Å². The maximum atomic E-state index is 12.5. The molecule has 0 saturated carbocycles. The summed E-state index contributed by atoms with van der Waals surface area (Å²) in [6, 6.07) is 17.8. The Hall–Kier alpha value is -2.64. The van der Waals surface area contributed by atoms with Crippen molar-refractivity contribution in [1.29, 1.82) is 0 Å². The Morgan fingerprint density at radius 2 is 1.97 bits per heavy atom. The average Bonchev–Trinajstić information content (AvgIpc) is 3.26. The third kappa shape index (κ3) is 5.05. The molecule has 1 aliphatic rings. The summed E-state index contributed by atoms with van der Waals surface area (Å²) < 4.78 is 5.57. The van der Waals surface area contributed by atoms with Gasteiger partial charge in [-0.1, -0.05) is 42.1 Å². The zero-order valence-electron chi connectivity index (χ0n) is 16.3. The molecule has 1 aromatic heterocycles. The number of benzene rings is 2. The highest BCUT2D eigenvalue weighted by Crippen LogP contribution is 2.28. The van der Waals surface area contributed by atoms with E-state index >= 15 is 0 Å². The maximum Gasteiger partial charge on any atom is 0.233 e. The van der Waals surface area contributed by atoms with Gasteiger partial charge in [0, 0.05) is 24.2 Å². The Morgan fingerprint density at radius 3 is 2.76 bits per heavy atom. The zero-order valence-corrected chi connectivity index (χ0v) is 17.1. The first-order chi connectivity index (χ1) is 14.2. The zero-order chi connectivity index (χ0) is 20.1. The van der Waals surface area contributed by atoms with Crippen LogP contribution in [0, 0.1) is 0 Å². The van der Waals surface area contributed by atoms with Crippen molar-refractivity contribution in [1.82, 2.24) is 15.3 Å². The van der Waals surface area contributed by atoms with E-state index in [1.165, 1.54) is 11.8 Å². The number of fused-ring (bicyclic) bond motifs is 1. The lowest BCUT2D eigenvalue weighted by Crippen LogP contribution is -2.36. The second kappa shape index (κ2) is 9.24. The molecule has 1 amide bonds. The second-order valence-corrected chi connectivity index (χ2v) is 8.31. The first-order valence-corrected chi connectivity index (χ1v) is 10.7. The first-order valence-electron chi connectivity index (χ1n) is 9.84. The molecule has 1 aliphatic heterocycles. The smallest absolute Gasteiger partial charge is 0.233 e. The van der Waals surface area contributed by atoms with Gasteiger partial charge in [-0.25, -0.2) is 9.97 Å². The van der Waals surface area contributed by atoms with Crippen LogP contribution in [0.1, 0.15) is 19.8 Å². The summed E-state index contributed by atoms with van der Waals surface area (Å²) in [5, 5.41) is 7.56. The van der Waals surface area contributed by atoms with Crippen LogP contribution in [-0.4, -0.2) is 40.4 Å².